The van der Waals surface area contributed by atoms with Crippen molar-refractivity contribution < 1.29 is 13.2 Å². The highest BCUT2D eigenvalue weighted by Gasteiger charge is 2.30. The van der Waals surface area contributed by atoms with Crippen LogP contribution < -0.4 is 11.3 Å². The van der Waals surface area contributed by atoms with Gasteiger partial charge < -0.3 is 5.43 Å². The Hall–Kier alpha value is -2.08. The summed E-state index contributed by atoms with van der Waals surface area (Å²) in [5.41, 5.74) is 3.18. The van der Waals surface area contributed by atoms with Crippen molar-refractivity contribution >= 4 is 5.82 Å². The van der Waals surface area contributed by atoms with E-state index in [4.69, 9.17) is 5.84 Å². The molecule has 1 aromatic heterocycles. The van der Waals surface area contributed by atoms with Crippen molar-refractivity contribution in [2.24, 2.45) is 5.84 Å². The van der Waals surface area contributed by atoms with Gasteiger partial charge in [0.15, 0.2) is 0 Å². The summed E-state index contributed by atoms with van der Waals surface area (Å²) in [7, 11) is 0. The zero-order chi connectivity index (χ0) is 13.9. The molecule has 2 rings (SSSR count). The number of nitrogens with one attached hydrogen (secondary N) is 1. The van der Waals surface area contributed by atoms with Crippen LogP contribution in [0.2, 0.25) is 0 Å². The van der Waals surface area contributed by atoms with E-state index >= 15 is 0 Å². The van der Waals surface area contributed by atoms with E-state index in [0.29, 0.717) is 17.8 Å². The molecule has 1 aromatic carbocycles. The van der Waals surface area contributed by atoms with Gasteiger partial charge in [-0.15, -0.1) is 0 Å². The number of nitrogens with two attached hydrogens (primary N) is 1. The van der Waals surface area contributed by atoms with Crippen LogP contribution in [0.1, 0.15) is 16.7 Å². The first-order valence-corrected chi connectivity index (χ1v) is 5.57. The monoisotopic (exact) mass is 267 g/mol. The largest absolute Gasteiger partial charge is 0.416 e. The normalized spacial score (nSPS) is 11.4. The molecule has 1 heterocycles. The maximum absolute atomic E-state index is 12.6. The lowest BCUT2D eigenvalue weighted by molar-refractivity contribution is -0.137. The molecule has 3 nitrogen and oxygen atoms in total. The van der Waals surface area contributed by atoms with Gasteiger partial charge in [0, 0.05) is 6.20 Å². The van der Waals surface area contributed by atoms with Gasteiger partial charge in [0.1, 0.15) is 5.82 Å². The van der Waals surface area contributed by atoms with Crippen LogP contribution in [-0.2, 0) is 12.6 Å². The number of aromatic nitrogens is 1. The summed E-state index contributed by atoms with van der Waals surface area (Å²) in [6.07, 6.45) is -2.38. The van der Waals surface area contributed by atoms with Gasteiger partial charge in [-0.3, -0.25) is 0 Å². The lowest BCUT2D eigenvalue weighted by Crippen LogP contribution is -2.08. The van der Waals surface area contributed by atoms with Crippen LogP contribution in [-0.4, -0.2) is 4.98 Å². The molecule has 0 unspecified atom stereocenters. The number of benzene rings is 1. The van der Waals surface area contributed by atoms with Crippen molar-refractivity contribution in [2.75, 3.05) is 5.43 Å². The molecule has 6 heteroatoms. The zero-order valence-electron chi connectivity index (χ0n) is 9.91. The zero-order valence-corrected chi connectivity index (χ0v) is 9.91. The summed E-state index contributed by atoms with van der Waals surface area (Å²) in [5.74, 6) is 5.71. The van der Waals surface area contributed by atoms with E-state index < -0.39 is 11.7 Å². The fourth-order valence-corrected chi connectivity index (χ4v) is 1.76. The Morgan fingerprint density at radius 3 is 2.53 bits per heavy atom. The topological polar surface area (TPSA) is 50.9 Å². The van der Waals surface area contributed by atoms with Gasteiger partial charge in [-0.25, -0.2) is 10.8 Å². The maximum atomic E-state index is 12.6. The predicted octanol–water partition coefficient (Wildman–Crippen LogP) is 2.98. The molecule has 0 aliphatic heterocycles. The molecule has 0 bridgehead atoms. The van der Waals surface area contributed by atoms with E-state index in [1.54, 1.807) is 24.4 Å². The van der Waals surface area contributed by atoms with Crippen molar-refractivity contribution in [1.29, 1.82) is 0 Å². The number of hydrogen-bond acceptors (Lipinski definition) is 3. The molecule has 0 saturated carbocycles. The van der Waals surface area contributed by atoms with Gasteiger partial charge in [-0.05, 0) is 35.7 Å². The molecular formula is C13H12F3N3. The number of rotatable bonds is 3. The van der Waals surface area contributed by atoms with Gasteiger partial charge in [0.05, 0.1) is 5.56 Å². The third-order valence-electron chi connectivity index (χ3n) is 2.63. The van der Waals surface area contributed by atoms with E-state index in [9.17, 15) is 13.2 Å². The highest BCUT2D eigenvalue weighted by molar-refractivity contribution is 5.38. The molecule has 0 atom stereocenters. The summed E-state index contributed by atoms with van der Waals surface area (Å²) in [4.78, 5) is 3.94. The second-order valence-electron chi connectivity index (χ2n) is 4.07. The lowest BCUT2D eigenvalue weighted by atomic mass is 10.0. The van der Waals surface area contributed by atoms with Crippen molar-refractivity contribution in [2.45, 2.75) is 12.6 Å². The van der Waals surface area contributed by atoms with Crippen LogP contribution >= 0.6 is 0 Å². The molecule has 0 amide bonds. The molecule has 19 heavy (non-hydrogen) atoms. The number of alkyl halides is 3. The Morgan fingerprint density at radius 2 is 1.84 bits per heavy atom. The van der Waals surface area contributed by atoms with Crippen LogP contribution in [0.5, 0.6) is 0 Å². The number of anilines is 1. The first kappa shape index (κ1) is 13.4. The van der Waals surface area contributed by atoms with Crippen LogP contribution in [0, 0.1) is 0 Å². The Labute approximate surface area is 108 Å². The summed E-state index contributed by atoms with van der Waals surface area (Å²) >= 11 is 0. The van der Waals surface area contributed by atoms with E-state index in [1.807, 2.05) is 0 Å². The number of hydrazine groups is 1. The average Bonchev–Trinajstić information content (AvgIpc) is 2.38. The summed E-state index contributed by atoms with van der Waals surface area (Å²) in [6, 6.07) is 8.70. The van der Waals surface area contributed by atoms with Crippen LogP contribution in [0.15, 0.2) is 42.6 Å². The standard InChI is InChI=1S/C13H12F3N3/c14-13(15,16)11-3-1-2-9(7-11)6-10-4-5-18-12(8-10)19-17/h1-5,7-8H,6,17H2,(H,18,19). The third kappa shape index (κ3) is 3.45. The summed E-state index contributed by atoms with van der Waals surface area (Å²) in [6.45, 7) is 0. The Balaban J connectivity index is 2.23. The van der Waals surface area contributed by atoms with Crippen LogP contribution in [0.3, 0.4) is 0 Å². The van der Waals surface area contributed by atoms with Gasteiger partial charge >= 0.3 is 6.18 Å². The van der Waals surface area contributed by atoms with E-state index in [2.05, 4.69) is 10.4 Å². The second kappa shape index (κ2) is 5.27. The molecule has 3 N–H and O–H groups in total. The summed E-state index contributed by atoms with van der Waals surface area (Å²) in [5, 5.41) is 0. The Bertz CT molecular complexity index is 567. The van der Waals surface area contributed by atoms with Gasteiger partial charge in [-0.1, -0.05) is 18.2 Å². The van der Waals surface area contributed by atoms with Gasteiger partial charge in [0.25, 0.3) is 0 Å². The van der Waals surface area contributed by atoms with E-state index in [-0.39, 0.29) is 0 Å². The van der Waals surface area contributed by atoms with Gasteiger partial charge in [0.2, 0.25) is 0 Å². The predicted molar refractivity (Wildman–Crippen MR) is 66.3 cm³/mol. The molecule has 0 spiro atoms. The molecule has 0 aliphatic carbocycles. The lowest BCUT2D eigenvalue weighted by Gasteiger charge is -2.09. The van der Waals surface area contributed by atoms with Gasteiger partial charge in [-0.2, -0.15) is 13.2 Å². The molecule has 0 fully saturated rings. The Morgan fingerprint density at radius 1 is 1.11 bits per heavy atom. The van der Waals surface area contributed by atoms with E-state index in [0.717, 1.165) is 17.7 Å². The van der Waals surface area contributed by atoms with Crippen molar-refractivity contribution in [3.63, 3.8) is 0 Å². The molecular weight excluding hydrogens is 255 g/mol. The quantitative estimate of drug-likeness (QED) is 0.664. The molecule has 2 aromatic rings. The first-order valence-electron chi connectivity index (χ1n) is 5.57. The molecule has 100 valence electrons. The number of nitrogens with zero attached hydrogens (tertiary/aromatic N) is 1. The first-order chi connectivity index (χ1) is 8.99. The van der Waals surface area contributed by atoms with Crippen LogP contribution in [0.4, 0.5) is 19.0 Å². The number of hydrogen-bond donors (Lipinski definition) is 2. The second-order valence-corrected chi connectivity index (χ2v) is 4.07. The SMILES string of the molecule is NNc1cc(Cc2cccc(C(F)(F)F)c2)ccn1. The molecule has 0 radical (unpaired) electrons. The van der Waals surface area contributed by atoms with E-state index in [1.165, 1.54) is 6.07 Å². The number of nitrogen functional groups attached to an aromatic ring is 1. The minimum Gasteiger partial charge on any atom is -0.308 e. The number of pyridine rings is 1. The number of halogens is 3. The highest BCUT2D eigenvalue weighted by atomic mass is 19.4. The molecule has 0 saturated heterocycles. The minimum atomic E-state index is -4.32. The average molecular weight is 267 g/mol. The molecule has 0 aliphatic rings. The summed E-state index contributed by atoms with van der Waals surface area (Å²) < 4.78 is 37.8. The van der Waals surface area contributed by atoms with Crippen molar-refractivity contribution in [1.82, 2.24) is 4.98 Å². The fraction of sp³-hybridized carbons (Fsp3) is 0.154. The highest BCUT2D eigenvalue weighted by Crippen LogP contribution is 2.30. The third-order valence-corrected chi connectivity index (χ3v) is 2.63. The Kier molecular flexibility index (Phi) is 3.71. The smallest absolute Gasteiger partial charge is 0.308 e. The van der Waals surface area contributed by atoms with Crippen molar-refractivity contribution in [3.05, 3.63) is 59.3 Å². The van der Waals surface area contributed by atoms with Crippen LogP contribution in [0.25, 0.3) is 0 Å². The minimum absolute atomic E-state index is 0.390. The van der Waals surface area contributed by atoms with Crippen molar-refractivity contribution in [3.8, 4) is 0 Å². The maximum Gasteiger partial charge on any atom is 0.416 e. The fourth-order valence-electron chi connectivity index (χ4n) is 1.76.